The summed E-state index contributed by atoms with van der Waals surface area (Å²) in [6.45, 7) is 7.04. The summed E-state index contributed by atoms with van der Waals surface area (Å²) in [6, 6.07) is 97.5. The molecule has 11 nitrogen and oxygen atoms in total. The molecule has 13 aromatic rings. The molecule has 6 heterocycles. The second-order valence-electron chi connectivity index (χ2n) is 24.2. The van der Waals surface area contributed by atoms with E-state index in [0.717, 1.165) is 112 Å². The lowest BCUT2D eigenvalue weighted by molar-refractivity contribution is 0.452. The summed E-state index contributed by atoms with van der Waals surface area (Å²) in [5.41, 5.74) is 19.5. The first kappa shape index (κ1) is 53.1. The van der Waals surface area contributed by atoms with Gasteiger partial charge in [0.25, 0.3) is 20.1 Å². The van der Waals surface area contributed by atoms with E-state index in [0.29, 0.717) is 68.7 Å². The van der Waals surface area contributed by atoms with Crippen LogP contribution in [0.4, 0.5) is 68.2 Å². The van der Waals surface area contributed by atoms with E-state index in [-0.39, 0.29) is 6.71 Å². The molecular formula is C80H47B3N6O5. The Morgan fingerprint density at radius 2 is 0.638 bits per heavy atom. The van der Waals surface area contributed by atoms with E-state index in [4.69, 9.17) is 30.3 Å². The van der Waals surface area contributed by atoms with Gasteiger partial charge in [-0.3, -0.25) is 0 Å². The third kappa shape index (κ3) is 8.33. The summed E-state index contributed by atoms with van der Waals surface area (Å²) in [4.78, 5) is 10.6. The molecule has 0 aliphatic carbocycles. The van der Waals surface area contributed by atoms with Crippen molar-refractivity contribution < 1.29 is 23.7 Å². The molecule has 0 amide bonds. The van der Waals surface area contributed by atoms with Crippen LogP contribution in [0.3, 0.4) is 0 Å². The number of anilines is 11. The van der Waals surface area contributed by atoms with Gasteiger partial charge in [0.2, 0.25) is 0 Å². The minimum absolute atomic E-state index is 0.356. The molecule has 0 fully saturated rings. The lowest BCUT2D eigenvalue weighted by atomic mass is 9.30. The van der Waals surface area contributed by atoms with Crippen molar-refractivity contribution in [2.75, 3.05) is 20.0 Å². The third-order valence-corrected chi connectivity index (χ3v) is 18.9. The monoisotopic (exact) mass is 1200 g/mol. The van der Waals surface area contributed by atoms with Crippen LogP contribution in [0.25, 0.3) is 4.85 Å². The largest absolute Gasteiger partial charge is 0.458 e. The summed E-state index contributed by atoms with van der Waals surface area (Å²) in [7, 11) is 0. The van der Waals surface area contributed by atoms with Gasteiger partial charge in [0.1, 0.15) is 57.5 Å². The summed E-state index contributed by atoms with van der Waals surface area (Å²) in [5.74, 6) is 6.54. The molecule has 0 radical (unpaired) electrons. The maximum Gasteiger partial charge on any atom is 0.260 e. The zero-order valence-electron chi connectivity index (χ0n) is 50.1. The number of nitriles is 1. The Hall–Kier alpha value is -12.8. The maximum absolute atomic E-state index is 10.5. The smallest absolute Gasteiger partial charge is 0.260 e. The second kappa shape index (κ2) is 20.9. The van der Waals surface area contributed by atoms with Gasteiger partial charge in [-0.2, -0.15) is 5.26 Å². The fraction of sp³-hybridized carbons (Fsp3) is 0. The van der Waals surface area contributed by atoms with Crippen molar-refractivity contribution in [1.29, 1.82) is 5.26 Å². The van der Waals surface area contributed by atoms with Crippen molar-refractivity contribution in [2.45, 2.75) is 0 Å². The molecule has 0 saturated heterocycles. The second-order valence-corrected chi connectivity index (χ2v) is 24.2. The van der Waals surface area contributed by atoms with E-state index >= 15 is 0 Å². The molecule has 0 aromatic heterocycles. The van der Waals surface area contributed by atoms with Crippen LogP contribution in [-0.2, 0) is 0 Å². The van der Waals surface area contributed by atoms with Crippen LogP contribution in [0.2, 0.25) is 0 Å². The Bertz CT molecular complexity index is 5000. The van der Waals surface area contributed by atoms with E-state index < -0.39 is 13.4 Å². The summed E-state index contributed by atoms with van der Waals surface area (Å²) in [5, 5.41) is 14.5. The molecule has 436 valence electrons. The van der Waals surface area contributed by atoms with Gasteiger partial charge in [-0.1, -0.05) is 133 Å². The fourth-order valence-electron chi connectivity index (χ4n) is 14.9. The number of fused-ring (bicyclic) bond motifs is 12. The molecule has 14 heteroatoms. The van der Waals surface area contributed by atoms with Crippen molar-refractivity contribution in [3.05, 3.63) is 296 Å². The zero-order chi connectivity index (χ0) is 62.1. The Balaban J connectivity index is 0.826. The zero-order valence-corrected chi connectivity index (χ0v) is 50.1. The van der Waals surface area contributed by atoms with Crippen LogP contribution >= 0.6 is 0 Å². The third-order valence-electron chi connectivity index (χ3n) is 18.9. The highest BCUT2D eigenvalue weighted by Gasteiger charge is 2.48. The molecule has 0 spiro atoms. The van der Waals surface area contributed by atoms with Crippen molar-refractivity contribution in [1.82, 2.24) is 0 Å². The molecular weight excluding hydrogens is 1160 g/mol. The molecule has 1 N–H and O–H groups in total. The average molecular weight is 1200 g/mol. The molecule has 0 atom stereocenters. The summed E-state index contributed by atoms with van der Waals surface area (Å²) < 4.78 is 36.2. The molecule has 94 heavy (non-hydrogen) atoms. The molecule has 19 rings (SSSR count). The predicted molar refractivity (Wildman–Crippen MR) is 378 cm³/mol. The molecule has 0 bridgehead atoms. The molecule has 0 unspecified atom stereocenters. The van der Waals surface area contributed by atoms with Crippen molar-refractivity contribution in [3.63, 3.8) is 0 Å². The van der Waals surface area contributed by atoms with Gasteiger partial charge in [-0.15, -0.1) is 0 Å². The first-order chi connectivity index (χ1) is 46.5. The number of hydrogen-bond acceptors (Lipinski definition) is 10. The first-order valence-corrected chi connectivity index (χ1v) is 31.3. The van der Waals surface area contributed by atoms with Gasteiger partial charge >= 0.3 is 0 Å². The number of benzene rings is 13. The van der Waals surface area contributed by atoms with E-state index in [2.05, 4.69) is 213 Å². The van der Waals surface area contributed by atoms with Crippen molar-refractivity contribution in [3.8, 4) is 63.6 Å². The predicted octanol–water partition coefficient (Wildman–Crippen LogP) is 14.7. The highest BCUT2D eigenvalue weighted by molar-refractivity contribution is 7.02. The molecule has 6 aliphatic rings. The van der Waals surface area contributed by atoms with Crippen LogP contribution in [0.15, 0.2) is 279 Å². The van der Waals surface area contributed by atoms with Crippen LogP contribution in [0, 0.1) is 17.9 Å². The number of rotatable bonds is 9. The Labute approximate surface area is 543 Å². The van der Waals surface area contributed by atoms with Crippen molar-refractivity contribution in [2.24, 2.45) is 0 Å². The fourth-order valence-corrected chi connectivity index (χ4v) is 14.9. The Morgan fingerprint density at radius 1 is 0.298 bits per heavy atom. The van der Waals surface area contributed by atoms with E-state index in [9.17, 15) is 5.26 Å². The number of nitrogens with one attached hydrogen (secondary N) is 1. The van der Waals surface area contributed by atoms with E-state index in [1.54, 1.807) is 0 Å². The van der Waals surface area contributed by atoms with Crippen LogP contribution in [0.5, 0.6) is 57.5 Å². The summed E-state index contributed by atoms with van der Waals surface area (Å²) >= 11 is 0. The van der Waals surface area contributed by atoms with Gasteiger partial charge in [0.05, 0.1) is 35.3 Å². The average Bonchev–Trinajstić information content (AvgIpc) is 0.707. The van der Waals surface area contributed by atoms with Gasteiger partial charge in [0.15, 0.2) is 5.69 Å². The minimum Gasteiger partial charge on any atom is -0.458 e. The van der Waals surface area contributed by atoms with E-state index in [1.165, 1.54) is 0 Å². The minimum atomic E-state index is -0.440. The van der Waals surface area contributed by atoms with Crippen LogP contribution in [-0.4, -0.2) is 20.1 Å². The lowest BCUT2D eigenvalue weighted by Gasteiger charge is -2.39. The number of nitrogens with zero attached hydrogens (tertiary/aromatic N) is 5. The first-order valence-electron chi connectivity index (χ1n) is 31.3. The van der Waals surface area contributed by atoms with E-state index in [1.807, 2.05) is 97.1 Å². The quantitative estimate of drug-likeness (QED) is 0.111. The maximum atomic E-state index is 10.5. The molecule has 13 aromatic carbocycles. The van der Waals surface area contributed by atoms with Gasteiger partial charge in [0, 0.05) is 98.9 Å². The number of ether oxygens (including phenoxy) is 5. The number of hydrogen-bond donors (Lipinski definition) is 1. The van der Waals surface area contributed by atoms with Crippen LogP contribution in [0.1, 0.15) is 5.56 Å². The highest BCUT2D eigenvalue weighted by atomic mass is 16.5. The Kier molecular flexibility index (Phi) is 11.8. The van der Waals surface area contributed by atoms with Crippen LogP contribution < -0.4 is 92.9 Å². The highest BCUT2D eigenvalue weighted by Crippen LogP contribution is 2.48. The number of para-hydroxylation sites is 6. The van der Waals surface area contributed by atoms with Gasteiger partial charge in [-0.05, 0) is 141 Å². The molecule has 0 saturated carbocycles. The topological polar surface area (TPSA) is 96.1 Å². The Morgan fingerprint density at radius 3 is 1.05 bits per heavy atom. The summed E-state index contributed by atoms with van der Waals surface area (Å²) in [6.07, 6.45) is 0. The lowest BCUT2D eigenvalue weighted by Crippen LogP contribution is -2.63. The SMILES string of the molecule is [C-]#[N+]c1ccc2c(c1)B1c3cc4c(cc3Nc3cc(N(c5ccccc5)c5ccccc5)cc(c31)O2)Oc1cc(N(c2ccccc2)c2ccccc2)cc2c1B4c1cc3c(cc1O2)Oc1cc(N(c2ccccc2)c2ccccc2)cc2c1B3c1cc(C#N)ccc1O2. The standard InChI is InChI=1S/C80H47B3N6O5/c1-85-50-33-35-69-62(37-50)81-60-44-63-70(46-66(60)86-67-38-57(39-73(90-69)78(67)81)87(51-20-8-2-9-21-51)52-22-10-3-11-23-52)92-75-41-59(89(55-28-16-6-17-29-55)56-30-18-7-19-31-56)43-77-80(75)83(63)65-45-64-71(47-72(65)94-77)93-76-42-58(88(53-24-12-4-13-25-53)54-26-14-5-15-27-54)40-74-79(76)82(64)61-36-49(48-84)32-34-68(61)91-74/h2-47,86H. The van der Waals surface area contributed by atoms with Crippen molar-refractivity contribution >= 4 is 138 Å². The van der Waals surface area contributed by atoms with Gasteiger partial charge in [-0.25, -0.2) is 4.85 Å². The van der Waals surface area contributed by atoms with Gasteiger partial charge < -0.3 is 43.7 Å². The normalized spacial score (nSPS) is 12.9. The molecule has 6 aliphatic heterocycles.